The Morgan fingerprint density at radius 3 is 2.67 bits per heavy atom. The summed E-state index contributed by atoms with van der Waals surface area (Å²) in [5.74, 6) is 1.39. The summed E-state index contributed by atoms with van der Waals surface area (Å²) in [5, 5.41) is 0. The molecule has 0 saturated heterocycles. The monoisotopic (exact) mass is 311 g/mol. The molecule has 116 valence electrons. The van der Waals surface area contributed by atoms with Gasteiger partial charge in [0.25, 0.3) is 0 Å². The average molecular weight is 311 g/mol. The number of Topliss-reactive ketones (excluding diaryl/α,β-unsaturated/α-hetero) is 1. The van der Waals surface area contributed by atoms with Gasteiger partial charge in [-0.15, -0.1) is 0 Å². The topological polar surface area (TPSA) is 78.6 Å². The SMILES string of the molecule is CCOC(=O)C(N)CSCc1cc(C(C)=O)ccc1OC. The zero-order valence-corrected chi connectivity index (χ0v) is 13.4. The van der Waals surface area contributed by atoms with Crippen LogP contribution < -0.4 is 10.5 Å². The van der Waals surface area contributed by atoms with E-state index in [2.05, 4.69) is 0 Å². The van der Waals surface area contributed by atoms with E-state index in [1.165, 1.54) is 18.7 Å². The molecule has 0 aliphatic carbocycles. The molecule has 0 spiro atoms. The molecule has 0 aromatic heterocycles. The zero-order valence-electron chi connectivity index (χ0n) is 12.5. The van der Waals surface area contributed by atoms with E-state index in [1.54, 1.807) is 26.2 Å². The number of methoxy groups -OCH3 is 1. The van der Waals surface area contributed by atoms with Gasteiger partial charge in [0, 0.05) is 22.6 Å². The van der Waals surface area contributed by atoms with Crippen LogP contribution in [0.5, 0.6) is 5.75 Å². The third-order valence-corrected chi connectivity index (χ3v) is 3.94. The molecule has 6 heteroatoms. The van der Waals surface area contributed by atoms with Crippen molar-refractivity contribution in [1.82, 2.24) is 0 Å². The van der Waals surface area contributed by atoms with Crippen molar-refractivity contribution in [3.8, 4) is 5.75 Å². The maximum Gasteiger partial charge on any atom is 0.323 e. The molecule has 1 unspecified atom stereocenters. The Morgan fingerprint density at radius 1 is 1.38 bits per heavy atom. The normalized spacial score (nSPS) is 11.8. The van der Waals surface area contributed by atoms with Crippen molar-refractivity contribution in [2.45, 2.75) is 25.6 Å². The van der Waals surface area contributed by atoms with Crippen LogP contribution in [0.2, 0.25) is 0 Å². The number of hydrogen-bond donors (Lipinski definition) is 1. The molecule has 1 aromatic rings. The molecule has 0 amide bonds. The van der Waals surface area contributed by atoms with Crippen LogP contribution in [-0.4, -0.2) is 37.3 Å². The summed E-state index contributed by atoms with van der Waals surface area (Å²) in [6.07, 6.45) is 0. The second kappa shape index (κ2) is 8.69. The number of carbonyl (C=O) groups is 2. The van der Waals surface area contributed by atoms with Crippen LogP contribution in [0.15, 0.2) is 18.2 Å². The molecular weight excluding hydrogens is 290 g/mol. The molecule has 0 saturated carbocycles. The number of thioether (sulfide) groups is 1. The maximum atomic E-state index is 11.4. The number of hydrogen-bond acceptors (Lipinski definition) is 6. The Bertz CT molecular complexity index is 504. The van der Waals surface area contributed by atoms with Gasteiger partial charge in [0.05, 0.1) is 13.7 Å². The average Bonchev–Trinajstić information content (AvgIpc) is 2.47. The number of rotatable bonds is 8. The predicted octanol–water partition coefficient (Wildman–Crippen LogP) is 2.02. The molecule has 0 fully saturated rings. The fraction of sp³-hybridized carbons (Fsp3) is 0.467. The maximum absolute atomic E-state index is 11.4. The fourth-order valence-corrected chi connectivity index (χ4v) is 2.68. The van der Waals surface area contributed by atoms with Gasteiger partial charge in [0.2, 0.25) is 0 Å². The minimum Gasteiger partial charge on any atom is -0.496 e. The zero-order chi connectivity index (χ0) is 15.8. The Morgan fingerprint density at radius 2 is 2.10 bits per heavy atom. The van der Waals surface area contributed by atoms with Gasteiger partial charge >= 0.3 is 5.97 Å². The lowest BCUT2D eigenvalue weighted by molar-refractivity contribution is -0.144. The Hall–Kier alpha value is -1.53. The molecule has 0 bridgehead atoms. The largest absolute Gasteiger partial charge is 0.496 e. The van der Waals surface area contributed by atoms with E-state index >= 15 is 0 Å². The van der Waals surface area contributed by atoms with Crippen molar-refractivity contribution in [2.24, 2.45) is 5.73 Å². The molecule has 1 atom stereocenters. The standard InChI is InChI=1S/C15H21NO4S/c1-4-20-15(18)13(16)9-21-8-12-7-11(10(2)17)5-6-14(12)19-3/h5-7,13H,4,8-9,16H2,1-3H3. The highest BCUT2D eigenvalue weighted by molar-refractivity contribution is 7.98. The second-order valence-electron chi connectivity index (χ2n) is 4.46. The van der Waals surface area contributed by atoms with Gasteiger partial charge in [-0.2, -0.15) is 11.8 Å². The van der Waals surface area contributed by atoms with Crippen molar-refractivity contribution in [3.05, 3.63) is 29.3 Å². The van der Waals surface area contributed by atoms with Gasteiger partial charge < -0.3 is 15.2 Å². The van der Waals surface area contributed by atoms with Gasteiger partial charge in [-0.05, 0) is 32.0 Å². The van der Waals surface area contributed by atoms with E-state index < -0.39 is 12.0 Å². The van der Waals surface area contributed by atoms with Crippen molar-refractivity contribution in [1.29, 1.82) is 0 Å². The first-order chi connectivity index (χ1) is 9.99. The van der Waals surface area contributed by atoms with Crippen LogP contribution in [0.25, 0.3) is 0 Å². The van der Waals surface area contributed by atoms with Crippen LogP contribution >= 0.6 is 11.8 Å². The van der Waals surface area contributed by atoms with E-state index in [4.69, 9.17) is 15.2 Å². The molecule has 1 aromatic carbocycles. The van der Waals surface area contributed by atoms with E-state index in [0.717, 1.165) is 11.3 Å². The second-order valence-corrected chi connectivity index (χ2v) is 5.49. The van der Waals surface area contributed by atoms with Crippen molar-refractivity contribution in [3.63, 3.8) is 0 Å². The third-order valence-electron chi connectivity index (χ3n) is 2.83. The number of ketones is 1. The van der Waals surface area contributed by atoms with Crippen LogP contribution in [0.1, 0.15) is 29.8 Å². The highest BCUT2D eigenvalue weighted by Crippen LogP contribution is 2.25. The number of esters is 1. The number of carbonyl (C=O) groups excluding carboxylic acids is 2. The summed E-state index contributed by atoms with van der Waals surface area (Å²) in [6.45, 7) is 3.59. The van der Waals surface area contributed by atoms with E-state index in [1.807, 2.05) is 6.07 Å². The van der Waals surface area contributed by atoms with Crippen LogP contribution in [0.4, 0.5) is 0 Å². The van der Waals surface area contributed by atoms with Gasteiger partial charge in [-0.3, -0.25) is 9.59 Å². The summed E-state index contributed by atoms with van der Waals surface area (Å²) in [7, 11) is 1.58. The Kier molecular flexibility index (Phi) is 7.25. The highest BCUT2D eigenvalue weighted by atomic mass is 32.2. The Balaban J connectivity index is 2.63. The van der Waals surface area contributed by atoms with Crippen LogP contribution in [-0.2, 0) is 15.3 Å². The Labute approximate surface area is 129 Å². The quantitative estimate of drug-likeness (QED) is 0.584. The fourth-order valence-electron chi connectivity index (χ4n) is 1.72. The summed E-state index contributed by atoms with van der Waals surface area (Å²) in [6, 6.07) is 4.68. The smallest absolute Gasteiger partial charge is 0.323 e. The van der Waals surface area contributed by atoms with Gasteiger partial charge in [-0.25, -0.2) is 0 Å². The summed E-state index contributed by atoms with van der Waals surface area (Å²) >= 11 is 1.50. The molecule has 5 nitrogen and oxygen atoms in total. The van der Waals surface area contributed by atoms with Crippen molar-refractivity contribution in [2.75, 3.05) is 19.5 Å². The van der Waals surface area contributed by atoms with Crippen LogP contribution in [0, 0.1) is 0 Å². The van der Waals surface area contributed by atoms with E-state index in [9.17, 15) is 9.59 Å². The molecule has 0 heterocycles. The lowest BCUT2D eigenvalue weighted by Gasteiger charge is -2.12. The summed E-state index contributed by atoms with van der Waals surface area (Å²) in [4.78, 5) is 22.8. The molecule has 0 radical (unpaired) electrons. The number of ether oxygens (including phenoxy) is 2. The molecule has 21 heavy (non-hydrogen) atoms. The molecule has 0 aliphatic heterocycles. The van der Waals surface area contributed by atoms with Crippen molar-refractivity contribution < 1.29 is 19.1 Å². The lowest BCUT2D eigenvalue weighted by atomic mass is 10.1. The number of nitrogens with two attached hydrogens (primary N) is 1. The highest BCUT2D eigenvalue weighted by Gasteiger charge is 2.15. The predicted molar refractivity (Wildman–Crippen MR) is 83.8 cm³/mol. The van der Waals surface area contributed by atoms with E-state index in [-0.39, 0.29) is 5.78 Å². The minimum absolute atomic E-state index is 0.00660. The molecule has 2 N–H and O–H groups in total. The van der Waals surface area contributed by atoms with Gasteiger partial charge in [0.15, 0.2) is 5.78 Å². The van der Waals surface area contributed by atoms with Crippen molar-refractivity contribution >= 4 is 23.5 Å². The number of benzene rings is 1. The first-order valence-corrected chi connectivity index (χ1v) is 7.82. The molecule has 0 aliphatic rings. The summed E-state index contributed by atoms with van der Waals surface area (Å²) < 4.78 is 10.1. The van der Waals surface area contributed by atoms with Gasteiger partial charge in [-0.1, -0.05) is 0 Å². The first-order valence-electron chi connectivity index (χ1n) is 6.67. The first kappa shape index (κ1) is 17.5. The van der Waals surface area contributed by atoms with Gasteiger partial charge in [0.1, 0.15) is 11.8 Å². The molecule has 1 rings (SSSR count). The lowest BCUT2D eigenvalue weighted by Crippen LogP contribution is -2.34. The van der Waals surface area contributed by atoms with E-state index in [0.29, 0.717) is 23.7 Å². The third kappa shape index (κ3) is 5.40. The molecular formula is C15H21NO4S. The minimum atomic E-state index is -0.642. The summed E-state index contributed by atoms with van der Waals surface area (Å²) in [5.41, 5.74) is 7.28. The van der Waals surface area contributed by atoms with Crippen LogP contribution in [0.3, 0.4) is 0 Å².